The summed E-state index contributed by atoms with van der Waals surface area (Å²) in [4.78, 5) is 11.1. The molecule has 1 amide bonds. The van der Waals surface area contributed by atoms with E-state index in [2.05, 4.69) is 27.2 Å². The maximum atomic E-state index is 11.2. The fraction of sp³-hybridized carbons (Fsp3) is 0.667. The van der Waals surface area contributed by atoms with Gasteiger partial charge in [0.2, 0.25) is 5.91 Å². The number of carbonyl (C=O) groups is 1. The molecule has 0 bridgehead atoms. The van der Waals surface area contributed by atoms with Crippen LogP contribution in [0.1, 0.15) is 26.7 Å². The standard InChI is InChI=1S/C9H14BrNO/c1-4-7(5-2)11-9(12)8(10)6-3/h1,7-8H,5-6H2,2-3H3,(H,11,12). The van der Waals surface area contributed by atoms with Gasteiger partial charge in [-0.15, -0.1) is 6.42 Å². The molecule has 68 valence electrons. The molecule has 0 saturated heterocycles. The Kier molecular flexibility index (Phi) is 5.83. The first-order valence-electron chi connectivity index (χ1n) is 4.06. The van der Waals surface area contributed by atoms with Gasteiger partial charge in [0.05, 0.1) is 10.9 Å². The van der Waals surface area contributed by atoms with Crippen molar-refractivity contribution in [2.45, 2.75) is 37.6 Å². The fourth-order valence-corrected chi connectivity index (χ4v) is 0.841. The molecule has 2 nitrogen and oxygen atoms in total. The van der Waals surface area contributed by atoms with Crippen molar-refractivity contribution >= 4 is 21.8 Å². The molecule has 0 heterocycles. The van der Waals surface area contributed by atoms with Crippen molar-refractivity contribution in [1.29, 1.82) is 0 Å². The molecule has 0 spiro atoms. The lowest BCUT2D eigenvalue weighted by Gasteiger charge is -2.12. The van der Waals surface area contributed by atoms with Gasteiger partial charge in [0, 0.05) is 0 Å². The van der Waals surface area contributed by atoms with Crippen LogP contribution in [-0.2, 0) is 4.79 Å². The molecule has 0 saturated carbocycles. The van der Waals surface area contributed by atoms with E-state index < -0.39 is 0 Å². The Balaban J connectivity index is 3.92. The first kappa shape index (κ1) is 11.5. The van der Waals surface area contributed by atoms with Crippen LogP contribution < -0.4 is 5.32 Å². The van der Waals surface area contributed by atoms with E-state index in [0.29, 0.717) is 0 Å². The summed E-state index contributed by atoms with van der Waals surface area (Å²) in [5.41, 5.74) is 0. The number of terminal acetylenes is 1. The van der Waals surface area contributed by atoms with Crippen LogP contribution in [-0.4, -0.2) is 16.8 Å². The number of hydrogen-bond acceptors (Lipinski definition) is 1. The van der Waals surface area contributed by atoms with Crippen LogP contribution in [0.3, 0.4) is 0 Å². The number of carbonyl (C=O) groups excluding carboxylic acids is 1. The molecular formula is C9H14BrNO. The highest BCUT2D eigenvalue weighted by Crippen LogP contribution is 2.04. The van der Waals surface area contributed by atoms with E-state index in [1.807, 2.05) is 13.8 Å². The maximum absolute atomic E-state index is 11.2. The molecule has 0 fully saturated rings. The van der Waals surface area contributed by atoms with Crippen LogP contribution in [0.2, 0.25) is 0 Å². The van der Waals surface area contributed by atoms with Crippen LogP contribution >= 0.6 is 15.9 Å². The maximum Gasteiger partial charge on any atom is 0.234 e. The summed E-state index contributed by atoms with van der Waals surface area (Å²) in [6.07, 6.45) is 6.73. The van der Waals surface area contributed by atoms with Crippen molar-refractivity contribution in [2.24, 2.45) is 0 Å². The Morgan fingerprint density at radius 1 is 1.58 bits per heavy atom. The van der Waals surface area contributed by atoms with E-state index in [4.69, 9.17) is 6.42 Å². The van der Waals surface area contributed by atoms with Gasteiger partial charge in [-0.25, -0.2) is 0 Å². The Bertz CT molecular complexity index is 185. The first-order valence-corrected chi connectivity index (χ1v) is 4.97. The highest BCUT2D eigenvalue weighted by atomic mass is 79.9. The SMILES string of the molecule is C#CC(CC)NC(=O)C(Br)CC. The Hall–Kier alpha value is -0.490. The molecule has 2 atom stereocenters. The number of halogens is 1. The molecular weight excluding hydrogens is 218 g/mol. The van der Waals surface area contributed by atoms with Crippen molar-refractivity contribution < 1.29 is 4.79 Å². The van der Waals surface area contributed by atoms with Crippen molar-refractivity contribution in [3.05, 3.63) is 0 Å². The second-order valence-electron chi connectivity index (χ2n) is 2.51. The first-order chi connectivity index (χ1) is 5.65. The third-order valence-corrected chi connectivity index (χ3v) is 2.63. The lowest BCUT2D eigenvalue weighted by atomic mass is 10.2. The van der Waals surface area contributed by atoms with Crippen molar-refractivity contribution in [2.75, 3.05) is 0 Å². The van der Waals surface area contributed by atoms with Gasteiger partial charge in [-0.3, -0.25) is 4.79 Å². The van der Waals surface area contributed by atoms with Crippen LogP contribution in [0.4, 0.5) is 0 Å². The quantitative estimate of drug-likeness (QED) is 0.580. The largest absolute Gasteiger partial charge is 0.342 e. The molecule has 12 heavy (non-hydrogen) atoms. The van der Waals surface area contributed by atoms with E-state index in [1.54, 1.807) is 0 Å². The molecule has 0 aliphatic carbocycles. The Morgan fingerprint density at radius 3 is 2.50 bits per heavy atom. The average Bonchev–Trinajstić information content (AvgIpc) is 2.12. The minimum Gasteiger partial charge on any atom is -0.342 e. The Labute approximate surface area is 82.2 Å². The number of rotatable bonds is 4. The average molecular weight is 232 g/mol. The summed E-state index contributed by atoms with van der Waals surface area (Å²) in [6.45, 7) is 3.88. The third kappa shape index (κ3) is 3.77. The van der Waals surface area contributed by atoms with Gasteiger partial charge in [-0.1, -0.05) is 35.7 Å². The zero-order chi connectivity index (χ0) is 9.56. The summed E-state index contributed by atoms with van der Waals surface area (Å²) in [5.74, 6) is 2.48. The molecule has 0 aromatic heterocycles. The molecule has 3 heteroatoms. The summed E-state index contributed by atoms with van der Waals surface area (Å²) < 4.78 is 0. The van der Waals surface area contributed by atoms with Crippen molar-refractivity contribution in [3.8, 4) is 12.3 Å². The van der Waals surface area contributed by atoms with Gasteiger partial charge < -0.3 is 5.32 Å². The van der Waals surface area contributed by atoms with Crippen LogP contribution in [0, 0.1) is 12.3 Å². The highest BCUT2D eigenvalue weighted by Gasteiger charge is 2.14. The van der Waals surface area contributed by atoms with Gasteiger partial charge in [-0.05, 0) is 12.8 Å². The monoisotopic (exact) mass is 231 g/mol. The van der Waals surface area contributed by atoms with Gasteiger partial charge in [0.25, 0.3) is 0 Å². The zero-order valence-corrected chi connectivity index (χ0v) is 9.02. The topological polar surface area (TPSA) is 29.1 Å². The minimum atomic E-state index is -0.135. The zero-order valence-electron chi connectivity index (χ0n) is 7.43. The van der Waals surface area contributed by atoms with Crippen LogP contribution in [0.5, 0.6) is 0 Å². The van der Waals surface area contributed by atoms with Crippen LogP contribution in [0.15, 0.2) is 0 Å². The molecule has 0 aliphatic rings. The molecule has 0 aliphatic heterocycles. The minimum absolute atomic E-state index is 0.0256. The molecule has 0 rings (SSSR count). The highest BCUT2D eigenvalue weighted by molar-refractivity contribution is 9.10. The normalized spacial score (nSPS) is 14.5. The number of hydrogen-bond donors (Lipinski definition) is 1. The predicted molar refractivity (Wildman–Crippen MR) is 54.1 cm³/mol. The van der Waals surface area contributed by atoms with Gasteiger partial charge in [0.15, 0.2) is 0 Å². The van der Waals surface area contributed by atoms with Crippen molar-refractivity contribution in [1.82, 2.24) is 5.32 Å². The lowest BCUT2D eigenvalue weighted by molar-refractivity contribution is -0.120. The van der Waals surface area contributed by atoms with Crippen molar-refractivity contribution in [3.63, 3.8) is 0 Å². The van der Waals surface area contributed by atoms with Gasteiger partial charge in [-0.2, -0.15) is 0 Å². The molecule has 2 unspecified atom stereocenters. The van der Waals surface area contributed by atoms with E-state index in [1.165, 1.54) is 0 Å². The second-order valence-corrected chi connectivity index (χ2v) is 3.62. The number of nitrogens with one attached hydrogen (secondary N) is 1. The van der Waals surface area contributed by atoms with E-state index in [0.717, 1.165) is 12.8 Å². The second kappa shape index (κ2) is 6.07. The lowest BCUT2D eigenvalue weighted by Crippen LogP contribution is -2.37. The third-order valence-electron chi connectivity index (χ3n) is 1.57. The summed E-state index contributed by atoms with van der Waals surface area (Å²) in [5, 5.41) is 2.75. The van der Waals surface area contributed by atoms with Crippen LogP contribution in [0.25, 0.3) is 0 Å². The van der Waals surface area contributed by atoms with Gasteiger partial charge in [0.1, 0.15) is 0 Å². The number of amides is 1. The summed E-state index contributed by atoms with van der Waals surface area (Å²) in [6, 6.07) is -0.135. The molecule has 0 radical (unpaired) electrons. The fourth-order valence-electron chi connectivity index (χ4n) is 0.709. The van der Waals surface area contributed by atoms with E-state index in [-0.39, 0.29) is 16.8 Å². The Morgan fingerprint density at radius 2 is 2.17 bits per heavy atom. The number of alkyl halides is 1. The smallest absolute Gasteiger partial charge is 0.234 e. The summed E-state index contributed by atoms with van der Waals surface area (Å²) >= 11 is 3.25. The van der Waals surface area contributed by atoms with E-state index in [9.17, 15) is 4.79 Å². The molecule has 1 N–H and O–H groups in total. The molecule has 0 aromatic rings. The summed E-state index contributed by atoms with van der Waals surface area (Å²) in [7, 11) is 0. The predicted octanol–water partition coefficient (Wildman–Crippen LogP) is 1.69. The molecule has 0 aromatic carbocycles. The van der Waals surface area contributed by atoms with Gasteiger partial charge >= 0.3 is 0 Å². The van der Waals surface area contributed by atoms with E-state index >= 15 is 0 Å².